The molecule has 0 aromatic heterocycles. The van der Waals surface area contributed by atoms with Crippen LogP contribution in [0.4, 0.5) is 10.5 Å². The third-order valence-electron chi connectivity index (χ3n) is 4.82. The summed E-state index contributed by atoms with van der Waals surface area (Å²) in [5.41, 5.74) is 1.30. The van der Waals surface area contributed by atoms with Gasteiger partial charge in [-0.25, -0.2) is 4.79 Å². The molecule has 0 bridgehead atoms. The van der Waals surface area contributed by atoms with E-state index in [2.05, 4.69) is 17.6 Å². The molecule has 0 spiro atoms. The third kappa shape index (κ3) is 6.33. The molecule has 0 aliphatic carbocycles. The third-order valence-corrected chi connectivity index (χ3v) is 4.82. The fourth-order valence-corrected chi connectivity index (χ4v) is 3.20. The van der Waals surface area contributed by atoms with Crippen LogP contribution in [0.3, 0.4) is 0 Å². The molecule has 2 rings (SSSR count). The van der Waals surface area contributed by atoms with Crippen LogP contribution >= 0.6 is 0 Å². The first-order chi connectivity index (χ1) is 12.3. The smallest absolute Gasteiger partial charge is 0.319 e. The Morgan fingerprint density at radius 3 is 2.38 bits per heavy atom. The first-order valence-electron chi connectivity index (χ1n) is 9.47. The van der Waals surface area contributed by atoms with Crippen LogP contribution in [0.25, 0.3) is 0 Å². The summed E-state index contributed by atoms with van der Waals surface area (Å²) in [5, 5.41) is 14.9. The summed E-state index contributed by atoms with van der Waals surface area (Å²) in [6.07, 6.45) is 2.38. The van der Waals surface area contributed by atoms with Crippen LogP contribution in [0.15, 0.2) is 24.3 Å². The Morgan fingerprint density at radius 1 is 1.19 bits per heavy atom. The number of urea groups is 1. The number of rotatable bonds is 6. The van der Waals surface area contributed by atoms with Gasteiger partial charge >= 0.3 is 6.03 Å². The van der Waals surface area contributed by atoms with Crippen LogP contribution in [0.1, 0.15) is 50.4 Å². The van der Waals surface area contributed by atoms with Gasteiger partial charge in [-0.15, -0.1) is 0 Å². The molecule has 1 aromatic rings. The molecule has 2 atom stereocenters. The Bertz CT molecular complexity index is 593. The van der Waals surface area contributed by atoms with Crippen molar-refractivity contribution < 1.29 is 14.7 Å². The van der Waals surface area contributed by atoms with Crippen molar-refractivity contribution >= 4 is 17.6 Å². The van der Waals surface area contributed by atoms with Gasteiger partial charge in [-0.3, -0.25) is 4.79 Å². The highest BCUT2D eigenvalue weighted by molar-refractivity contribution is 5.95. The van der Waals surface area contributed by atoms with Gasteiger partial charge in [-0.1, -0.05) is 13.8 Å². The summed E-state index contributed by atoms with van der Waals surface area (Å²) in [6, 6.07) is 6.72. The molecular formula is C20H31N3O3. The van der Waals surface area contributed by atoms with Gasteiger partial charge in [-0.2, -0.15) is 0 Å². The molecule has 2 unspecified atom stereocenters. The Hall–Kier alpha value is -2.08. The highest BCUT2D eigenvalue weighted by atomic mass is 16.3. The van der Waals surface area contributed by atoms with E-state index in [1.807, 2.05) is 11.8 Å². The average molecular weight is 361 g/mol. The van der Waals surface area contributed by atoms with Crippen LogP contribution in [-0.2, 0) is 0 Å². The quantitative estimate of drug-likeness (QED) is 0.728. The number of anilines is 1. The second-order valence-corrected chi connectivity index (χ2v) is 7.58. The van der Waals surface area contributed by atoms with Gasteiger partial charge in [0, 0.05) is 30.9 Å². The van der Waals surface area contributed by atoms with E-state index in [1.54, 1.807) is 31.2 Å². The number of hydrogen-bond acceptors (Lipinski definition) is 3. The number of aliphatic hydroxyl groups excluding tert-OH is 1. The molecule has 3 N–H and O–H groups in total. The predicted octanol–water partition coefficient (Wildman–Crippen LogP) is 3.09. The Kier molecular flexibility index (Phi) is 7.45. The summed E-state index contributed by atoms with van der Waals surface area (Å²) >= 11 is 0. The van der Waals surface area contributed by atoms with Crippen molar-refractivity contribution in [3.63, 3.8) is 0 Å². The zero-order chi connectivity index (χ0) is 19.1. The maximum Gasteiger partial charge on any atom is 0.319 e. The second-order valence-electron chi connectivity index (χ2n) is 7.58. The number of carbonyl (C=O) groups is 2. The number of piperidine rings is 1. The molecule has 1 aliphatic rings. The zero-order valence-electron chi connectivity index (χ0n) is 16.0. The molecule has 1 fully saturated rings. The lowest BCUT2D eigenvalue weighted by Gasteiger charge is -2.30. The first-order valence-corrected chi connectivity index (χ1v) is 9.47. The van der Waals surface area contributed by atoms with Gasteiger partial charge in [0.25, 0.3) is 5.91 Å². The van der Waals surface area contributed by atoms with Crippen LogP contribution in [0.2, 0.25) is 0 Å². The normalized spacial score (nSPS) is 17.5. The van der Waals surface area contributed by atoms with Crippen molar-refractivity contribution in [2.24, 2.45) is 11.8 Å². The van der Waals surface area contributed by atoms with E-state index >= 15 is 0 Å². The molecule has 1 aromatic carbocycles. The van der Waals surface area contributed by atoms with Gasteiger partial charge in [0.1, 0.15) is 0 Å². The van der Waals surface area contributed by atoms with Crippen molar-refractivity contribution in [2.75, 3.05) is 25.0 Å². The van der Waals surface area contributed by atoms with Crippen molar-refractivity contribution in [1.82, 2.24) is 10.2 Å². The van der Waals surface area contributed by atoms with Gasteiger partial charge in [0.05, 0.1) is 6.10 Å². The Morgan fingerprint density at radius 2 is 1.81 bits per heavy atom. The van der Waals surface area contributed by atoms with E-state index in [-0.39, 0.29) is 24.0 Å². The summed E-state index contributed by atoms with van der Waals surface area (Å²) in [6.45, 7) is 8.07. The van der Waals surface area contributed by atoms with Crippen molar-refractivity contribution in [3.05, 3.63) is 29.8 Å². The minimum atomic E-state index is -0.372. The Labute approximate surface area is 156 Å². The number of nitrogens with zero attached hydrogens (tertiary/aromatic N) is 1. The molecule has 26 heavy (non-hydrogen) atoms. The lowest BCUT2D eigenvalue weighted by Crippen LogP contribution is -2.37. The highest BCUT2D eigenvalue weighted by Gasteiger charge is 2.21. The summed E-state index contributed by atoms with van der Waals surface area (Å²) in [4.78, 5) is 26.4. The fourth-order valence-electron chi connectivity index (χ4n) is 3.20. The average Bonchev–Trinajstić information content (AvgIpc) is 2.60. The van der Waals surface area contributed by atoms with Gasteiger partial charge in [0.15, 0.2) is 0 Å². The Balaban J connectivity index is 1.81. The molecule has 3 amide bonds. The maximum absolute atomic E-state index is 12.5. The number of nitrogens with one attached hydrogen (secondary N) is 2. The SMILES string of the molecule is CC(O)CC(C)CNC(=O)Nc1ccc(C(=O)N2CCC(C)CC2)cc1. The number of hydrogen-bond donors (Lipinski definition) is 3. The molecule has 1 aliphatic heterocycles. The molecule has 0 radical (unpaired) electrons. The minimum absolute atomic E-state index is 0.0554. The van der Waals surface area contributed by atoms with E-state index in [4.69, 9.17) is 0 Å². The summed E-state index contributed by atoms with van der Waals surface area (Å²) < 4.78 is 0. The van der Waals surface area contributed by atoms with E-state index in [0.717, 1.165) is 25.9 Å². The van der Waals surface area contributed by atoms with Gasteiger partial charge in [0.2, 0.25) is 0 Å². The topological polar surface area (TPSA) is 81.7 Å². The van der Waals surface area contributed by atoms with Crippen LogP contribution < -0.4 is 10.6 Å². The number of amides is 3. The number of carbonyl (C=O) groups excluding carboxylic acids is 2. The summed E-state index contributed by atoms with van der Waals surface area (Å²) in [5.74, 6) is 0.945. The zero-order valence-corrected chi connectivity index (χ0v) is 16.0. The largest absolute Gasteiger partial charge is 0.393 e. The monoisotopic (exact) mass is 361 g/mol. The van der Waals surface area contributed by atoms with E-state index in [9.17, 15) is 14.7 Å². The molecule has 0 saturated carbocycles. The molecule has 6 nitrogen and oxygen atoms in total. The van der Waals surface area contributed by atoms with E-state index < -0.39 is 0 Å². The van der Waals surface area contributed by atoms with E-state index in [0.29, 0.717) is 30.1 Å². The molecule has 1 saturated heterocycles. The summed E-state index contributed by atoms with van der Waals surface area (Å²) in [7, 11) is 0. The maximum atomic E-state index is 12.5. The molecule has 6 heteroatoms. The van der Waals surface area contributed by atoms with Crippen LogP contribution in [0.5, 0.6) is 0 Å². The minimum Gasteiger partial charge on any atom is -0.393 e. The first kappa shape index (κ1) is 20.2. The predicted molar refractivity (Wildman–Crippen MR) is 103 cm³/mol. The van der Waals surface area contributed by atoms with Crippen LogP contribution in [-0.4, -0.2) is 47.7 Å². The molecule has 1 heterocycles. The standard InChI is InChI=1S/C20H31N3O3/c1-14-8-10-23(11-9-14)19(25)17-4-6-18(7-5-17)22-20(26)21-13-15(2)12-16(3)24/h4-7,14-16,24H,8-13H2,1-3H3,(H2,21,22,26). The lowest BCUT2D eigenvalue weighted by atomic mass is 9.98. The highest BCUT2D eigenvalue weighted by Crippen LogP contribution is 2.19. The fraction of sp³-hybridized carbons (Fsp3) is 0.600. The van der Waals surface area contributed by atoms with Crippen molar-refractivity contribution in [3.8, 4) is 0 Å². The van der Waals surface area contributed by atoms with Gasteiger partial charge in [-0.05, 0) is 62.3 Å². The number of aliphatic hydroxyl groups is 1. The second kappa shape index (κ2) is 9.57. The lowest BCUT2D eigenvalue weighted by molar-refractivity contribution is 0.0697. The van der Waals surface area contributed by atoms with E-state index in [1.165, 1.54) is 0 Å². The number of benzene rings is 1. The number of likely N-dealkylation sites (tertiary alicyclic amines) is 1. The van der Waals surface area contributed by atoms with Gasteiger partial charge < -0.3 is 20.6 Å². The van der Waals surface area contributed by atoms with Crippen LogP contribution in [0, 0.1) is 11.8 Å². The van der Waals surface area contributed by atoms with Crippen molar-refractivity contribution in [1.29, 1.82) is 0 Å². The molecular weight excluding hydrogens is 330 g/mol. The molecule has 144 valence electrons. The van der Waals surface area contributed by atoms with Crippen molar-refractivity contribution in [2.45, 2.75) is 46.1 Å².